The Morgan fingerprint density at radius 1 is 1.40 bits per heavy atom. The van der Waals surface area contributed by atoms with Gasteiger partial charge in [-0.1, -0.05) is 6.92 Å². The van der Waals surface area contributed by atoms with Crippen LogP contribution in [0.5, 0.6) is 0 Å². The Morgan fingerprint density at radius 3 is 2.87 bits per heavy atom. The molecule has 0 atom stereocenters. The van der Waals surface area contributed by atoms with Crippen molar-refractivity contribution in [1.82, 2.24) is 0 Å². The zero-order valence-corrected chi connectivity index (χ0v) is 9.56. The highest BCUT2D eigenvalue weighted by Gasteiger charge is 2.11. The predicted octanol–water partition coefficient (Wildman–Crippen LogP) is 3.75. The number of benzene rings is 1. The number of hydrogen-bond acceptors (Lipinski definition) is 3. The molecule has 15 heavy (non-hydrogen) atoms. The number of furan rings is 1. The molecule has 0 fully saturated rings. The van der Waals surface area contributed by atoms with Gasteiger partial charge in [0.05, 0.1) is 11.8 Å². The van der Waals surface area contributed by atoms with Crippen LogP contribution in [0, 0.1) is 0 Å². The normalized spacial score (nSPS) is 10.8. The Kier molecular flexibility index (Phi) is 2.82. The van der Waals surface area contributed by atoms with Gasteiger partial charge < -0.3 is 4.42 Å². The molecule has 1 aromatic carbocycles. The Balaban J connectivity index is 2.65. The summed E-state index contributed by atoms with van der Waals surface area (Å²) in [5.41, 5.74) is 1.37. The highest BCUT2D eigenvalue weighted by Crippen LogP contribution is 2.31. The SMILES string of the molecule is CCSc1ccc(C(C)=O)c2occc12. The minimum absolute atomic E-state index is 0.0444. The number of ketones is 1. The van der Waals surface area contributed by atoms with Crippen molar-refractivity contribution in [2.45, 2.75) is 18.7 Å². The van der Waals surface area contributed by atoms with Crippen molar-refractivity contribution in [3.8, 4) is 0 Å². The van der Waals surface area contributed by atoms with E-state index in [0.717, 1.165) is 11.1 Å². The number of thioether (sulfide) groups is 1. The maximum Gasteiger partial charge on any atom is 0.163 e. The highest BCUT2D eigenvalue weighted by atomic mass is 32.2. The number of carbonyl (C=O) groups is 1. The fourth-order valence-corrected chi connectivity index (χ4v) is 2.39. The van der Waals surface area contributed by atoms with E-state index in [1.54, 1.807) is 24.9 Å². The second-order valence-electron chi connectivity index (χ2n) is 3.26. The van der Waals surface area contributed by atoms with Crippen LogP contribution >= 0.6 is 11.8 Å². The lowest BCUT2D eigenvalue weighted by Crippen LogP contribution is -1.92. The maximum atomic E-state index is 11.4. The van der Waals surface area contributed by atoms with E-state index in [9.17, 15) is 4.79 Å². The average molecular weight is 220 g/mol. The standard InChI is InChI=1S/C12H12O2S/c1-3-15-11-5-4-9(8(2)13)12-10(11)6-7-14-12/h4-7H,3H2,1-2H3. The first-order valence-electron chi connectivity index (χ1n) is 4.88. The molecule has 2 nitrogen and oxygen atoms in total. The maximum absolute atomic E-state index is 11.4. The lowest BCUT2D eigenvalue weighted by atomic mass is 10.1. The van der Waals surface area contributed by atoms with Crippen LogP contribution in [-0.4, -0.2) is 11.5 Å². The summed E-state index contributed by atoms with van der Waals surface area (Å²) in [7, 11) is 0. The van der Waals surface area contributed by atoms with Gasteiger partial charge in [0.1, 0.15) is 5.58 Å². The average Bonchev–Trinajstić information content (AvgIpc) is 2.66. The molecule has 0 amide bonds. The largest absolute Gasteiger partial charge is 0.464 e. The molecule has 2 aromatic rings. The molecule has 2 rings (SSSR count). The molecule has 0 saturated carbocycles. The van der Waals surface area contributed by atoms with Gasteiger partial charge in [-0.15, -0.1) is 11.8 Å². The molecule has 0 radical (unpaired) electrons. The summed E-state index contributed by atoms with van der Waals surface area (Å²) < 4.78 is 5.36. The quantitative estimate of drug-likeness (QED) is 0.583. The summed E-state index contributed by atoms with van der Waals surface area (Å²) >= 11 is 1.76. The summed E-state index contributed by atoms with van der Waals surface area (Å²) in [4.78, 5) is 12.5. The van der Waals surface area contributed by atoms with E-state index in [1.165, 1.54) is 4.90 Å². The summed E-state index contributed by atoms with van der Waals surface area (Å²) in [5, 5.41) is 1.04. The molecular weight excluding hydrogens is 208 g/mol. The van der Waals surface area contributed by atoms with Crippen LogP contribution in [0.1, 0.15) is 24.2 Å². The van der Waals surface area contributed by atoms with E-state index in [4.69, 9.17) is 4.42 Å². The topological polar surface area (TPSA) is 30.2 Å². The molecule has 0 aliphatic heterocycles. The Morgan fingerprint density at radius 2 is 2.20 bits per heavy atom. The third kappa shape index (κ3) is 1.79. The van der Waals surface area contributed by atoms with Gasteiger partial charge in [-0.25, -0.2) is 0 Å². The Hall–Kier alpha value is -1.22. The van der Waals surface area contributed by atoms with Crippen LogP contribution in [0.2, 0.25) is 0 Å². The van der Waals surface area contributed by atoms with Crippen molar-refractivity contribution >= 4 is 28.5 Å². The molecule has 0 spiro atoms. The van der Waals surface area contributed by atoms with Gasteiger partial charge >= 0.3 is 0 Å². The van der Waals surface area contributed by atoms with Gasteiger partial charge in [-0.2, -0.15) is 0 Å². The lowest BCUT2D eigenvalue weighted by molar-refractivity contribution is 0.101. The molecule has 0 bridgehead atoms. The first kappa shape index (κ1) is 10.3. The number of carbonyl (C=O) groups excluding carboxylic acids is 1. The third-order valence-corrected chi connectivity index (χ3v) is 3.21. The minimum Gasteiger partial charge on any atom is -0.464 e. The van der Waals surface area contributed by atoms with Crippen molar-refractivity contribution in [2.24, 2.45) is 0 Å². The van der Waals surface area contributed by atoms with Crippen LogP contribution in [-0.2, 0) is 0 Å². The molecule has 1 aromatic heterocycles. The van der Waals surface area contributed by atoms with Gasteiger partial charge in [-0.3, -0.25) is 4.79 Å². The van der Waals surface area contributed by atoms with Crippen molar-refractivity contribution in [1.29, 1.82) is 0 Å². The molecule has 3 heteroatoms. The second kappa shape index (κ2) is 4.11. The summed E-state index contributed by atoms with van der Waals surface area (Å²) in [6, 6.07) is 5.74. The summed E-state index contributed by atoms with van der Waals surface area (Å²) in [5.74, 6) is 1.06. The molecule has 0 unspecified atom stereocenters. The highest BCUT2D eigenvalue weighted by molar-refractivity contribution is 7.99. The van der Waals surface area contributed by atoms with Gasteiger partial charge in [0.2, 0.25) is 0 Å². The van der Waals surface area contributed by atoms with Crippen LogP contribution < -0.4 is 0 Å². The first-order valence-corrected chi connectivity index (χ1v) is 5.86. The Bertz CT molecular complexity index is 499. The van der Waals surface area contributed by atoms with Crippen LogP contribution in [0.4, 0.5) is 0 Å². The van der Waals surface area contributed by atoms with E-state index in [1.807, 2.05) is 18.2 Å². The number of hydrogen-bond donors (Lipinski definition) is 0. The van der Waals surface area contributed by atoms with Crippen molar-refractivity contribution in [3.63, 3.8) is 0 Å². The van der Waals surface area contributed by atoms with Gasteiger partial charge in [0, 0.05) is 10.3 Å². The molecular formula is C12H12O2S. The molecule has 0 aliphatic rings. The van der Waals surface area contributed by atoms with Crippen LogP contribution in [0.15, 0.2) is 33.8 Å². The Labute approximate surface area is 92.7 Å². The zero-order chi connectivity index (χ0) is 10.8. The number of Topliss-reactive ketones (excluding diaryl/α,β-unsaturated/α-hetero) is 1. The smallest absolute Gasteiger partial charge is 0.163 e. The lowest BCUT2D eigenvalue weighted by Gasteiger charge is -2.02. The first-order chi connectivity index (χ1) is 7.24. The van der Waals surface area contributed by atoms with Gasteiger partial charge in [0.25, 0.3) is 0 Å². The van der Waals surface area contributed by atoms with Crippen molar-refractivity contribution < 1.29 is 9.21 Å². The van der Waals surface area contributed by atoms with Crippen LogP contribution in [0.3, 0.4) is 0 Å². The number of rotatable bonds is 3. The summed E-state index contributed by atoms with van der Waals surface area (Å²) in [6.45, 7) is 3.67. The monoisotopic (exact) mass is 220 g/mol. The molecule has 0 saturated heterocycles. The van der Waals surface area contributed by atoms with Crippen molar-refractivity contribution in [3.05, 3.63) is 30.0 Å². The van der Waals surface area contributed by atoms with E-state index in [0.29, 0.717) is 11.1 Å². The van der Waals surface area contributed by atoms with E-state index >= 15 is 0 Å². The van der Waals surface area contributed by atoms with Crippen LogP contribution in [0.25, 0.3) is 11.0 Å². The predicted molar refractivity (Wildman–Crippen MR) is 62.6 cm³/mol. The second-order valence-corrected chi connectivity index (χ2v) is 4.57. The molecule has 78 valence electrons. The van der Waals surface area contributed by atoms with Gasteiger partial charge in [0.15, 0.2) is 5.78 Å². The fraction of sp³-hybridized carbons (Fsp3) is 0.250. The number of fused-ring (bicyclic) bond motifs is 1. The molecule has 1 heterocycles. The van der Waals surface area contributed by atoms with E-state index in [-0.39, 0.29) is 5.78 Å². The van der Waals surface area contributed by atoms with Gasteiger partial charge in [-0.05, 0) is 30.9 Å². The fourth-order valence-electron chi connectivity index (χ4n) is 1.59. The third-order valence-electron chi connectivity index (χ3n) is 2.26. The zero-order valence-electron chi connectivity index (χ0n) is 8.74. The molecule has 0 aliphatic carbocycles. The van der Waals surface area contributed by atoms with E-state index in [2.05, 4.69) is 6.92 Å². The summed E-state index contributed by atoms with van der Waals surface area (Å²) in [6.07, 6.45) is 1.64. The van der Waals surface area contributed by atoms with Crippen molar-refractivity contribution in [2.75, 3.05) is 5.75 Å². The van der Waals surface area contributed by atoms with E-state index < -0.39 is 0 Å². The minimum atomic E-state index is 0.0444. The molecule has 0 N–H and O–H groups in total.